The molecule has 0 bridgehead atoms. The Kier molecular flexibility index (Phi) is 5.21. The summed E-state index contributed by atoms with van der Waals surface area (Å²) in [6, 6.07) is 14.5. The zero-order chi connectivity index (χ0) is 15.1. The topological polar surface area (TPSA) is 44.8 Å². The lowest BCUT2D eigenvalue weighted by Crippen LogP contribution is -2.12. The smallest absolute Gasteiger partial charge is 0.315 e. The summed E-state index contributed by atoms with van der Waals surface area (Å²) in [6.45, 7) is 2.40. The highest BCUT2D eigenvalue weighted by Crippen LogP contribution is 2.27. The molecule has 0 saturated carbocycles. The van der Waals surface area contributed by atoms with Crippen molar-refractivity contribution in [2.24, 2.45) is 0 Å². The van der Waals surface area contributed by atoms with Crippen LogP contribution in [0.1, 0.15) is 12.5 Å². The zero-order valence-corrected chi connectivity index (χ0v) is 12.2. The number of hydrogen-bond acceptors (Lipinski definition) is 4. The number of hydrogen-bond donors (Lipinski definition) is 0. The maximum absolute atomic E-state index is 12.1. The van der Waals surface area contributed by atoms with Crippen LogP contribution < -0.4 is 14.2 Å². The standard InChI is InChI=1S/C17H18O4/c1-3-20-15-10-6-7-11-16(15)21-17(18)12-13-8-4-5-9-14(13)19-2/h4-11H,3,12H2,1-2H3. The van der Waals surface area contributed by atoms with Gasteiger partial charge in [-0.15, -0.1) is 0 Å². The Balaban J connectivity index is 2.08. The molecule has 4 nitrogen and oxygen atoms in total. The third-order valence-electron chi connectivity index (χ3n) is 2.90. The van der Waals surface area contributed by atoms with Crippen LogP contribution in [0.3, 0.4) is 0 Å². The first-order valence-corrected chi connectivity index (χ1v) is 6.79. The van der Waals surface area contributed by atoms with Gasteiger partial charge in [-0.2, -0.15) is 0 Å². The number of carbonyl (C=O) groups is 1. The number of methoxy groups -OCH3 is 1. The number of carbonyl (C=O) groups excluding carboxylic acids is 1. The Labute approximate surface area is 124 Å². The van der Waals surface area contributed by atoms with Gasteiger partial charge >= 0.3 is 5.97 Å². The Bertz CT molecular complexity index is 607. The molecule has 110 valence electrons. The minimum atomic E-state index is -0.355. The van der Waals surface area contributed by atoms with E-state index in [1.54, 1.807) is 25.3 Å². The molecule has 0 fully saturated rings. The molecule has 0 saturated heterocycles. The van der Waals surface area contributed by atoms with E-state index < -0.39 is 0 Å². The van der Waals surface area contributed by atoms with E-state index in [4.69, 9.17) is 14.2 Å². The molecular formula is C17H18O4. The molecule has 0 unspecified atom stereocenters. The number of esters is 1. The van der Waals surface area contributed by atoms with Crippen LogP contribution in [-0.4, -0.2) is 19.7 Å². The number of ether oxygens (including phenoxy) is 3. The molecule has 0 heterocycles. The fourth-order valence-corrected chi connectivity index (χ4v) is 1.97. The van der Waals surface area contributed by atoms with Gasteiger partial charge in [0.25, 0.3) is 0 Å². The van der Waals surface area contributed by atoms with Crippen LogP contribution in [0.4, 0.5) is 0 Å². The fraction of sp³-hybridized carbons (Fsp3) is 0.235. The third kappa shape index (κ3) is 3.99. The molecule has 0 atom stereocenters. The molecule has 2 aromatic carbocycles. The molecule has 21 heavy (non-hydrogen) atoms. The number of rotatable bonds is 6. The van der Waals surface area contributed by atoms with Crippen molar-refractivity contribution in [1.82, 2.24) is 0 Å². The van der Waals surface area contributed by atoms with Gasteiger partial charge in [-0.1, -0.05) is 30.3 Å². The van der Waals surface area contributed by atoms with Crippen molar-refractivity contribution < 1.29 is 19.0 Å². The van der Waals surface area contributed by atoms with Gasteiger partial charge in [0, 0.05) is 5.56 Å². The van der Waals surface area contributed by atoms with Gasteiger partial charge in [-0.3, -0.25) is 4.79 Å². The number of para-hydroxylation sites is 3. The molecule has 0 amide bonds. The molecular weight excluding hydrogens is 268 g/mol. The highest BCUT2D eigenvalue weighted by Gasteiger charge is 2.12. The van der Waals surface area contributed by atoms with Crippen molar-refractivity contribution in [3.05, 3.63) is 54.1 Å². The first-order valence-electron chi connectivity index (χ1n) is 6.79. The zero-order valence-electron chi connectivity index (χ0n) is 12.2. The van der Waals surface area contributed by atoms with Crippen molar-refractivity contribution >= 4 is 5.97 Å². The SMILES string of the molecule is CCOc1ccccc1OC(=O)Cc1ccccc1OC. The maximum Gasteiger partial charge on any atom is 0.315 e. The molecule has 0 aromatic heterocycles. The quantitative estimate of drug-likeness (QED) is 0.604. The average molecular weight is 286 g/mol. The van der Waals surface area contributed by atoms with Gasteiger partial charge in [0.2, 0.25) is 0 Å². The van der Waals surface area contributed by atoms with Gasteiger partial charge in [-0.05, 0) is 25.1 Å². The lowest BCUT2D eigenvalue weighted by Gasteiger charge is -2.11. The van der Waals surface area contributed by atoms with E-state index >= 15 is 0 Å². The van der Waals surface area contributed by atoms with E-state index in [9.17, 15) is 4.79 Å². The van der Waals surface area contributed by atoms with E-state index in [2.05, 4.69) is 0 Å². The Morgan fingerprint density at radius 3 is 2.24 bits per heavy atom. The van der Waals surface area contributed by atoms with Crippen LogP contribution in [0.15, 0.2) is 48.5 Å². The van der Waals surface area contributed by atoms with Gasteiger partial charge < -0.3 is 14.2 Å². The van der Waals surface area contributed by atoms with Crippen LogP contribution in [-0.2, 0) is 11.2 Å². The molecule has 0 aliphatic carbocycles. The minimum absolute atomic E-state index is 0.143. The molecule has 4 heteroatoms. The van der Waals surface area contributed by atoms with Crippen molar-refractivity contribution in [2.75, 3.05) is 13.7 Å². The van der Waals surface area contributed by atoms with Crippen molar-refractivity contribution in [2.45, 2.75) is 13.3 Å². The number of benzene rings is 2. The largest absolute Gasteiger partial charge is 0.496 e. The summed E-state index contributed by atoms with van der Waals surface area (Å²) in [5.41, 5.74) is 0.791. The van der Waals surface area contributed by atoms with Crippen LogP contribution in [0, 0.1) is 0 Å². The van der Waals surface area contributed by atoms with E-state index in [1.807, 2.05) is 37.3 Å². The summed E-state index contributed by atoms with van der Waals surface area (Å²) in [5, 5.41) is 0. The summed E-state index contributed by atoms with van der Waals surface area (Å²) in [6.07, 6.45) is 0.143. The van der Waals surface area contributed by atoms with Crippen LogP contribution in [0.2, 0.25) is 0 Å². The average Bonchev–Trinajstić information content (AvgIpc) is 2.50. The molecule has 0 aliphatic heterocycles. The maximum atomic E-state index is 12.1. The van der Waals surface area contributed by atoms with Crippen molar-refractivity contribution in [3.8, 4) is 17.2 Å². The predicted octanol–water partition coefficient (Wildman–Crippen LogP) is 3.24. The molecule has 0 radical (unpaired) electrons. The Morgan fingerprint density at radius 1 is 0.952 bits per heavy atom. The normalized spacial score (nSPS) is 10.0. The Morgan fingerprint density at radius 2 is 1.57 bits per heavy atom. The van der Waals surface area contributed by atoms with Gasteiger partial charge in [0.1, 0.15) is 5.75 Å². The minimum Gasteiger partial charge on any atom is -0.496 e. The highest BCUT2D eigenvalue weighted by molar-refractivity contribution is 5.76. The summed E-state index contributed by atoms with van der Waals surface area (Å²) in [4.78, 5) is 12.1. The second kappa shape index (κ2) is 7.33. The van der Waals surface area contributed by atoms with Crippen molar-refractivity contribution in [3.63, 3.8) is 0 Å². The summed E-state index contributed by atoms with van der Waals surface area (Å²) in [7, 11) is 1.58. The Hall–Kier alpha value is -2.49. The molecule has 2 rings (SSSR count). The van der Waals surface area contributed by atoms with E-state index in [0.717, 1.165) is 5.56 Å². The van der Waals surface area contributed by atoms with Crippen molar-refractivity contribution in [1.29, 1.82) is 0 Å². The third-order valence-corrected chi connectivity index (χ3v) is 2.90. The highest BCUT2D eigenvalue weighted by atomic mass is 16.6. The molecule has 2 aromatic rings. The summed E-state index contributed by atoms with van der Waals surface area (Å²) in [5.74, 6) is 1.31. The van der Waals surface area contributed by atoms with Crippen LogP contribution in [0.25, 0.3) is 0 Å². The molecule has 0 spiro atoms. The monoisotopic (exact) mass is 286 g/mol. The second-order valence-electron chi connectivity index (χ2n) is 4.34. The summed E-state index contributed by atoms with van der Waals surface area (Å²) >= 11 is 0. The van der Waals surface area contributed by atoms with Gasteiger partial charge in [-0.25, -0.2) is 0 Å². The lowest BCUT2D eigenvalue weighted by atomic mass is 10.1. The second-order valence-corrected chi connectivity index (χ2v) is 4.34. The lowest BCUT2D eigenvalue weighted by molar-refractivity contribution is -0.133. The molecule has 0 N–H and O–H groups in total. The van der Waals surface area contributed by atoms with Crippen LogP contribution >= 0.6 is 0 Å². The van der Waals surface area contributed by atoms with E-state index in [-0.39, 0.29) is 12.4 Å². The molecule has 0 aliphatic rings. The van der Waals surface area contributed by atoms with E-state index in [0.29, 0.717) is 23.9 Å². The van der Waals surface area contributed by atoms with E-state index in [1.165, 1.54) is 0 Å². The first kappa shape index (κ1) is 14.9. The van der Waals surface area contributed by atoms with Gasteiger partial charge in [0.05, 0.1) is 20.1 Å². The fourth-order valence-electron chi connectivity index (χ4n) is 1.97. The van der Waals surface area contributed by atoms with Gasteiger partial charge in [0.15, 0.2) is 11.5 Å². The first-order chi connectivity index (χ1) is 10.2. The van der Waals surface area contributed by atoms with Crippen LogP contribution in [0.5, 0.6) is 17.2 Å². The predicted molar refractivity (Wildman–Crippen MR) is 79.9 cm³/mol. The summed E-state index contributed by atoms with van der Waals surface area (Å²) < 4.78 is 16.0.